The summed E-state index contributed by atoms with van der Waals surface area (Å²) in [5.41, 5.74) is 7.61. The van der Waals surface area contributed by atoms with Crippen molar-refractivity contribution in [3.05, 3.63) is 48.3 Å². The van der Waals surface area contributed by atoms with Gasteiger partial charge in [-0.15, -0.1) is 0 Å². The first-order valence-electron chi connectivity index (χ1n) is 5.28. The summed E-state index contributed by atoms with van der Waals surface area (Å²) in [7, 11) is -3.61. The van der Waals surface area contributed by atoms with Crippen LogP contribution in [0, 0.1) is 6.92 Å². The Hall–Kier alpha value is -2.08. The molecule has 0 amide bonds. The molecule has 1 aromatic carbocycles. The summed E-state index contributed by atoms with van der Waals surface area (Å²) >= 11 is 0. The van der Waals surface area contributed by atoms with Crippen LogP contribution in [0.2, 0.25) is 0 Å². The number of rotatable bonds is 3. The number of nitrogens with two attached hydrogens (primary N) is 1. The third-order valence-electron chi connectivity index (χ3n) is 2.48. The highest BCUT2D eigenvalue weighted by atomic mass is 32.2. The van der Waals surface area contributed by atoms with E-state index in [-0.39, 0.29) is 4.90 Å². The largest absolute Gasteiger partial charge is 0.398 e. The van der Waals surface area contributed by atoms with E-state index in [1.165, 1.54) is 18.5 Å². The average molecular weight is 263 g/mol. The molecule has 1 aromatic heterocycles. The van der Waals surface area contributed by atoms with Crippen LogP contribution in [0.25, 0.3) is 0 Å². The number of aryl methyl sites for hydroxylation is 1. The molecule has 18 heavy (non-hydrogen) atoms. The van der Waals surface area contributed by atoms with Crippen molar-refractivity contribution >= 4 is 21.4 Å². The van der Waals surface area contributed by atoms with Crippen LogP contribution in [-0.2, 0) is 10.0 Å². The molecule has 2 rings (SSSR count). The SMILES string of the molecule is Cc1ccc(NS(=O)(=O)c2cccnc2)cc1N. The van der Waals surface area contributed by atoms with E-state index in [4.69, 9.17) is 5.73 Å². The summed E-state index contributed by atoms with van der Waals surface area (Å²) in [6.45, 7) is 1.86. The van der Waals surface area contributed by atoms with Crippen LogP contribution in [0.4, 0.5) is 11.4 Å². The van der Waals surface area contributed by atoms with Gasteiger partial charge >= 0.3 is 0 Å². The van der Waals surface area contributed by atoms with Crippen molar-refractivity contribution in [2.45, 2.75) is 11.8 Å². The minimum atomic E-state index is -3.61. The van der Waals surface area contributed by atoms with E-state index in [9.17, 15) is 8.42 Å². The number of anilines is 2. The molecule has 1 heterocycles. The van der Waals surface area contributed by atoms with Crippen LogP contribution < -0.4 is 10.5 Å². The number of aromatic nitrogens is 1. The summed E-state index contributed by atoms with van der Waals surface area (Å²) in [4.78, 5) is 3.90. The highest BCUT2D eigenvalue weighted by molar-refractivity contribution is 7.92. The lowest BCUT2D eigenvalue weighted by Gasteiger charge is -2.09. The molecule has 0 aliphatic carbocycles. The number of pyridine rings is 1. The van der Waals surface area contributed by atoms with Gasteiger partial charge in [-0.25, -0.2) is 8.42 Å². The van der Waals surface area contributed by atoms with Crippen molar-refractivity contribution < 1.29 is 8.42 Å². The number of hydrogen-bond acceptors (Lipinski definition) is 4. The van der Waals surface area contributed by atoms with Crippen molar-refractivity contribution in [3.63, 3.8) is 0 Å². The van der Waals surface area contributed by atoms with Gasteiger partial charge in [0.2, 0.25) is 0 Å². The Bertz CT molecular complexity index is 654. The zero-order valence-electron chi connectivity index (χ0n) is 9.79. The summed E-state index contributed by atoms with van der Waals surface area (Å²) in [6.07, 6.45) is 2.81. The summed E-state index contributed by atoms with van der Waals surface area (Å²) in [5.74, 6) is 0. The summed E-state index contributed by atoms with van der Waals surface area (Å²) in [5, 5.41) is 0. The van der Waals surface area contributed by atoms with Gasteiger partial charge in [-0.05, 0) is 36.8 Å². The number of hydrogen-bond donors (Lipinski definition) is 2. The quantitative estimate of drug-likeness (QED) is 0.826. The van der Waals surface area contributed by atoms with Gasteiger partial charge in [0.1, 0.15) is 4.90 Å². The number of nitrogens with zero attached hydrogens (tertiary/aromatic N) is 1. The van der Waals surface area contributed by atoms with Gasteiger partial charge in [0, 0.05) is 18.1 Å². The third-order valence-corrected chi connectivity index (χ3v) is 3.84. The second-order valence-electron chi connectivity index (χ2n) is 3.87. The van der Waals surface area contributed by atoms with E-state index in [2.05, 4.69) is 9.71 Å². The second-order valence-corrected chi connectivity index (χ2v) is 5.55. The van der Waals surface area contributed by atoms with E-state index >= 15 is 0 Å². The van der Waals surface area contributed by atoms with E-state index in [1.54, 1.807) is 24.3 Å². The molecule has 0 unspecified atom stereocenters. The molecule has 0 saturated heterocycles. The predicted molar refractivity (Wildman–Crippen MR) is 70.6 cm³/mol. The molecule has 6 heteroatoms. The maximum absolute atomic E-state index is 12.0. The monoisotopic (exact) mass is 263 g/mol. The topological polar surface area (TPSA) is 85.1 Å². The molecule has 5 nitrogen and oxygen atoms in total. The van der Waals surface area contributed by atoms with Gasteiger partial charge in [0.05, 0.1) is 5.69 Å². The smallest absolute Gasteiger partial charge is 0.263 e. The Labute approximate surface area is 106 Å². The lowest BCUT2D eigenvalue weighted by atomic mass is 10.2. The molecule has 0 bridgehead atoms. The molecule has 0 fully saturated rings. The van der Waals surface area contributed by atoms with Gasteiger partial charge in [0.15, 0.2) is 0 Å². The van der Waals surface area contributed by atoms with Crippen LogP contribution in [-0.4, -0.2) is 13.4 Å². The Morgan fingerprint density at radius 2 is 2.06 bits per heavy atom. The van der Waals surface area contributed by atoms with Gasteiger partial charge in [-0.1, -0.05) is 6.07 Å². The van der Waals surface area contributed by atoms with Crippen molar-refractivity contribution in [1.29, 1.82) is 0 Å². The molecule has 0 aliphatic heterocycles. The van der Waals surface area contributed by atoms with Crippen molar-refractivity contribution in [2.75, 3.05) is 10.5 Å². The number of benzene rings is 1. The highest BCUT2D eigenvalue weighted by Crippen LogP contribution is 2.20. The Balaban J connectivity index is 2.31. The molecule has 94 valence electrons. The molecule has 0 aliphatic rings. The first kappa shape index (κ1) is 12.4. The molecule has 0 radical (unpaired) electrons. The Kier molecular flexibility index (Phi) is 3.20. The summed E-state index contributed by atoms with van der Waals surface area (Å²) < 4.78 is 26.5. The zero-order chi connectivity index (χ0) is 13.2. The fraction of sp³-hybridized carbons (Fsp3) is 0.0833. The van der Waals surface area contributed by atoms with Crippen LogP contribution in [0.15, 0.2) is 47.6 Å². The van der Waals surface area contributed by atoms with Gasteiger partial charge in [-0.2, -0.15) is 0 Å². The maximum atomic E-state index is 12.0. The summed E-state index contributed by atoms with van der Waals surface area (Å²) in [6, 6.07) is 8.06. The van der Waals surface area contributed by atoms with E-state index in [0.717, 1.165) is 5.56 Å². The van der Waals surface area contributed by atoms with Crippen LogP contribution >= 0.6 is 0 Å². The molecular formula is C12H13N3O2S. The average Bonchev–Trinajstić information content (AvgIpc) is 2.35. The van der Waals surface area contributed by atoms with Crippen LogP contribution in [0.3, 0.4) is 0 Å². The number of nitrogen functional groups attached to an aromatic ring is 1. The maximum Gasteiger partial charge on any atom is 0.263 e. The van der Waals surface area contributed by atoms with Crippen LogP contribution in [0.5, 0.6) is 0 Å². The molecular weight excluding hydrogens is 250 g/mol. The van der Waals surface area contributed by atoms with E-state index in [1.807, 2.05) is 6.92 Å². The number of nitrogens with one attached hydrogen (secondary N) is 1. The van der Waals surface area contributed by atoms with Crippen molar-refractivity contribution in [1.82, 2.24) is 4.98 Å². The predicted octanol–water partition coefficient (Wildman–Crippen LogP) is 1.77. The van der Waals surface area contributed by atoms with Crippen LogP contribution in [0.1, 0.15) is 5.56 Å². The molecule has 2 aromatic rings. The van der Waals surface area contributed by atoms with E-state index < -0.39 is 10.0 Å². The normalized spacial score (nSPS) is 11.2. The standard InChI is InChI=1S/C12H13N3O2S/c1-9-4-5-10(7-12(9)13)15-18(16,17)11-3-2-6-14-8-11/h2-8,15H,13H2,1H3. The van der Waals surface area contributed by atoms with Gasteiger partial charge < -0.3 is 5.73 Å². The lowest BCUT2D eigenvalue weighted by molar-refractivity contribution is 0.601. The van der Waals surface area contributed by atoms with E-state index in [0.29, 0.717) is 11.4 Å². The van der Waals surface area contributed by atoms with Crippen molar-refractivity contribution in [3.8, 4) is 0 Å². The minimum Gasteiger partial charge on any atom is -0.398 e. The minimum absolute atomic E-state index is 0.115. The molecule has 0 saturated carbocycles. The first-order valence-corrected chi connectivity index (χ1v) is 6.76. The fourth-order valence-corrected chi connectivity index (χ4v) is 2.44. The molecule has 3 N–H and O–H groups in total. The lowest BCUT2D eigenvalue weighted by Crippen LogP contribution is -2.13. The van der Waals surface area contributed by atoms with Gasteiger partial charge in [0.25, 0.3) is 10.0 Å². The zero-order valence-corrected chi connectivity index (χ0v) is 10.6. The third kappa shape index (κ3) is 2.60. The first-order chi connectivity index (χ1) is 8.49. The highest BCUT2D eigenvalue weighted by Gasteiger charge is 2.14. The fourth-order valence-electron chi connectivity index (χ4n) is 1.42. The Morgan fingerprint density at radius 1 is 1.28 bits per heavy atom. The Morgan fingerprint density at radius 3 is 2.67 bits per heavy atom. The molecule has 0 spiro atoms. The second kappa shape index (κ2) is 4.66. The van der Waals surface area contributed by atoms with Crippen molar-refractivity contribution in [2.24, 2.45) is 0 Å². The number of sulfonamides is 1. The molecule has 0 atom stereocenters. The van der Waals surface area contributed by atoms with Gasteiger partial charge in [-0.3, -0.25) is 9.71 Å².